The van der Waals surface area contributed by atoms with E-state index in [0.29, 0.717) is 36.3 Å². The maximum absolute atomic E-state index is 12.4. The zero-order valence-corrected chi connectivity index (χ0v) is 14.0. The van der Waals surface area contributed by atoms with Crippen LogP contribution in [0.5, 0.6) is 5.75 Å². The van der Waals surface area contributed by atoms with Crippen molar-refractivity contribution < 1.29 is 13.2 Å². The molecule has 120 valence electrons. The molecule has 0 aliphatic carbocycles. The quantitative estimate of drug-likeness (QED) is 0.892. The van der Waals surface area contributed by atoms with Crippen LogP contribution >= 0.6 is 12.4 Å². The molecule has 2 rings (SSSR count). The van der Waals surface area contributed by atoms with Crippen molar-refractivity contribution in [2.45, 2.75) is 31.2 Å². The fourth-order valence-electron chi connectivity index (χ4n) is 2.09. The second kappa shape index (κ2) is 7.45. The molecule has 5 nitrogen and oxygen atoms in total. The lowest BCUT2D eigenvalue weighted by atomic mass is 10.2. The first-order chi connectivity index (χ1) is 9.39. The van der Waals surface area contributed by atoms with Crippen molar-refractivity contribution in [3.8, 4) is 5.75 Å². The van der Waals surface area contributed by atoms with Crippen LogP contribution in [0.3, 0.4) is 0 Å². The second-order valence-corrected chi connectivity index (χ2v) is 7.53. The Hall–Kier alpha value is -0.820. The third kappa shape index (κ3) is 4.57. The Morgan fingerprint density at radius 2 is 1.95 bits per heavy atom. The van der Waals surface area contributed by atoms with Crippen LogP contribution in [0.4, 0.5) is 0 Å². The van der Waals surface area contributed by atoms with Gasteiger partial charge in [-0.15, -0.1) is 12.4 Å². The lowest BCUT2D eigenvalue weighted by molar-refractivity contribution is 0.271. The Kier molecular flexibility index (Phi) is 6.46. The molecule has 0 saturated carbocycles. The van der Waals surface area contributed by atoms with Crippen molar-refractivity contribution in [3.05, 3.63) is 24.3 Å². The fraction of sp³-hybridized carbons (Fsp3) is 0.571. The Labute approximate surface area is 132 Å². The van der Waals surface area contributed by atoms with Crippen LogP contribution in [-0.4, -0.2) is 38.5 Å². The summed E-state index contributed by atoms with van der Waals surface area (Å²) in [6.07, 6.45) is 0.717. The number of nitrogens with zero attached hydrogens (tertiary/aromatic N) is 1. The van der Waals surface area contributed by atoms with Gasteiger partial charge in [0.05, 0.1) is 11.5 Å². The minimum atomic E-state index is -3.42. The molecule has 0 bridgehead atoms. The van der Waals surface area contributed by atoms with Crippen molar-refractivity contribution in [2.24, 2.45) is 11.7 Å². The highest BCUT2D eigenvalue weighted by molar-refractivity contribution is 7.89. The van der Waals surface area contributed by atoms with E-state index in [0.717, 1.165) is 6.42 Å². The first-order valence-corrected chi connectivity index (χ1v) is 8.32. The van der Waals surface area contributed by atoms with Gasteiger partial charge in [0.1, 0.15) is 5.75 Å². The minimum absolute atomic E-state index is 0. The number of ether oxygens (including phenoxy) is 1. The molecule has 7 heteroatoms. The predicted octanol–water partition coefficient (Wildman–Crippen LogP) is 1.86. The summed E-state index contributed by atoms with van der Waals surface area (Å²) < 4.78 is 31.8. The van der Waals surface area contributed by atoms with Crippen LogP contribution in [-0.2, 0) is 10.0 Å². The van der Waals surface area contributed by atoms with Gasteiger partial charge in [-0.2, -0.15) is 4.31 Å². The molecule has 21 heavy (non-hydrogen) atoms. The highest BCUT2D eigenvalue weighted by Gasteiger charge is 2.30. The predicted molar refractivity (Wildman–Crippen MR) is 85.4 cm³/mol. The van der Waals surface area contributed by atoms with Gasteiger partial charge in [0.2, 0.25) is 10.0 Å². The zero-order chi connectivity index (χ0) is 14.8. The standard InChI is InChI=1S/C14H22N2O3S.ClH/c1-11(2)10-19-13-3-5-14(6-4-13)20(17,18)16-8-7-12(15)9-16;/h3-6,11-12H,7-10,15H2,1-2H3;1H. The smallest absolute Gasteiger partial charge is 0.243 e. The van der Waals surface area contributed by atoms with E-state index in [2.05, 4.69) is 13.8 Å². The highest BCUT2D eigenvalue weighted by Crippen LogP contribution is 2.22. The van der Waals surface area contributed by atoms with E-state index in [1.54, 1.807) is 24.3 Å². The second-order valence-electron chi connectivity index (χ2n) is 5.59. The molecule has 1 atom stereocenters. The molecular weight excluding hydrogens is 312 g/mol. The van der Waals surface area contributed by atoms with Gasteiger partial charge in [-0.1, -0.05) is 13.8 Å². The molecule has 1 fully saturated rings. The van der Waals surface area contributed by atoms with Crippen molar-refractivity contribution >= 4 is 22.4 Å². The van der Waals surface area contributed by atoms with E-state index in [-0.39, 0.29) is 18.4 Å². The lowest BCUT2D eigenvalue weighted by Crippen LogP contribution is -2.31. The molecule has 2 N–H and O–H groups in total. The summed E-state index contributed by atoms with van der Waals surface area (Å²) in [5.74, 6) is 1.13. The average molecular weight is 335 g/mol. The molecule has 1 aromatic rings. The van der Waals surface area contributed by atoms with Gasteiger partial charge in [0.25, 0.3) is 0 Å². The monoisotopic (exact) mass is 334 g/mol. The molecule has 1 heterocycles. The SMILES string of the molecule is CC(C)COc1ccc(S(=O)(=O)N2CCC(N)C2)cc1.Cl. The van der Waals surface area contributed by atoms with Gasteiger partial charge in [-0.3, -0.25) is 0 Å². The van der Waals surface area contributed by atoms with Gasteiger partial charge in [-0.05, 0) is 36.6 Å². The lowest BCUT2D eigenvalue weighted by Gasteiger charge is -2.16. The summed E-state index contributed by atoms with van der Waals surface area (Å²) in [6, 6.07) is 6.53. The molecule has 0 spiro atoms. The Morgan fingerprint density at radius 1 is 1.33 bits per heavy atom. The summed E-state index contributed by atoms with van der Waals surface area (Å²) in [4.78, 5) is 0.295. The Morgan fingerprint density at radius 3 is 2.43 bits per heavy atom. The van der Waals surface area contributed by atoms with E-state index in [4.69, 9.17) is 10.5 Å². The molecule has 1 saturated heterocycles. The van der Waals surface area contributed by atoms with Crippen LogP contribution in [0.2, 0.25) is 0 Å². The fourth-order valence-corrected chi connectivity index (χ4v) is 3.60. The van der Waals surface area contributed by atoms with Crippen molar-refractivity contribution in [1.29, 1.82) is 0 Å². The zero-order valence-electron chi connectivity index (χ0n) is 12.4. The van der Waals surface area contributed by atoms with Crippen LogP contribution in [0, 0.1) is 5.92 Å². The Bertz CT molecular complexity index is 546. The number of hydrogen-bond donors (Lipinski definition) is 1. The molecule has 1 aliphatic rings. The average Bonchev–Trinajstić information content (AvgIpc) is 2.84. The molecular formula is C14H23ClN2O3S. The third-order valence-electron chi connectivity index (χ3n) is 3.23. The largest absolute Gasteiger partial charge is 0.493 e. The maximum atomic E-state index is 12.4. The van der Waals surface area contributed by atoms with Crippen molar-refractivity contribution in [1.82, 2.24) is 4.31 Å². The molecule has 1 unspecified atom stereocenters. The molecule has 1 aromatic carbocycles. The van der Waals surface area contributed by atoms with E-state index < -0.39 is 10.0 Å². The van der Waals surface area contributed by atoms with E-state index in [1.165, 1.54) is 4.31 Å². The van der Waals surface area contributed by atoms with Crippen LogP contribution in [0.1, 0.15) is 20.3 Å². The number of sulfonamides is 1. The molecule has 0 aromatic heterocycles. The van der Waals surface area contributed by atoms with Crippen molar-refractivity contribution in [3.63, 3.8) is 0 Å². The van der Waals surface area contributed by atoms with Crippen molar-refractivity contribution in [2.75, 3.05) is 19.7 Å². The number of rotatable bonds is 5. The Balaban J connectivity index is 0.00000220. The molecule has 1 aliphatic heterocycles. The first-order valence-electron chi connectivity index (χ1n) is 6.88. The van der Waals surface area contributed by atoms with Gasteiger partial charge < -0.3 is 10.5 Å². The summed E-state index contributed by atoms with van der Waals surface area (Å²) in [6.45, 7) is 5.64. The van der Waals surface area contributed by atoms with Crippen LogP contribution in [0.15, 0.2) is 29.2 Å². The molecule has 0 amide bonds. The van der Waals surface area contributed by atoms with E-state index >= 15 is 0 Å². The summed E-state index contributed by atoms with van der Waals surface area (Å²) in [5.41, 5.74) is 5.77. The molecule has 0 radical (unpaired) electrons. The number of nitrogens with two attached hydrogens (primary N) is 1. The summed E-state index contributed by atoms with van der Waals surface area (Å²) >= 11 is 0. The topological polar surface area (TPSA) is 72.6 Å². The van der Waals surface area contributed by atoms with E-state index in [1.807, 2.05) is 0 Å². The maximum Gasteiger partial charge on any atom is 0.243 e. The number of halogens is 1. The normalized spacial score (nSPS) is 19.5. The third-order valence-corrected chi connectivity index (χ3v) is 5.11. The highest BCUT2D eigenvalue weighted by atomic mass is 35.5. The van der Waals surface area contributed by atoms with E-state index in [9.17, 15) is 8.42 Å². The summed E-state index contributed by atoms with van der Waals surface area (Å²) in [5, 5.41) is 0. The summed E-state index contributed by atoms with van der Waals surface area (Å²) in [7, 11) is -3.42. The van der Waals surface area contributed by atoms with Gasteiger partial charge in [0.15, 0.2) is 0 Å². The number of hydrogen-bond acceptors (Lipinski definition) is 4. The minimum Gasteiger partial charge on any atom is -0.493 e. The van der Waals surface area contributed by atoms with Gasteiger partial charge >= 0.3 is 0 Å². The number of benzene rings is 1. The first kappa shape index (κ1) is 18.2. The van der Waals surface area contributed by atoms with Crippen LogP contribution in [0.25, 0.3) is 0 Å². The van der Waals surface area contributed by atoms with Gasteiger partial charge in [-0.25, -0.2) is 8.42 Å². The van der Waals surface area contributed by atoms with Gasteiger partial charge in [0, 0.05) is 19.1 Å². The van der Waals surface area contributed by atoms with Crippen LogP contribution < -0.4 is 10.5 Å².